The average Bonchev–Trinajstić information content (AvgIpc) is 2.28. The predicted octanol–water partition coefficient (Wildman–Crippen LogP) is 0.897. The van der Waals surface area contributed by atoms with Crippen LogP contribution in [0.1, 0.15) is 12.8 Å². The zero-order valence-corrected chi connectivity index (χ0v) is 9.20. The van der Waals surface area contributed by atoms with Gasteiger partial charge in [-0.1, -0.05) is 19.6 Å². The molecule has 0 bridgehead atoms. The molecule has 0 spiro atoms. The Bertz CT molecular complexity index is 246. The van der Waals surface area contributed by atoms with Gasteiger partial charge in [0.15, 0.2) is 8.24 Å². The van der Waals surface area contributed by atoms with Crippen LogP contribution in [0.3, 0.4) is 0 Å². The number of carbonyl (C=O) groups is 2. The van der Waals surface area contributed by atoms with Crippen molar-refractivity contribution < 1.29 is 14.7 Å². The average molecular weight is 201 g/mol. The highest BCUT2D eigenvalue weighted by atomic mass is 28.3. The Morgan fingerprint density at radius 1 is 1.54 bits per heavy atom. The third-order valence-electron chi connectivity index (χ3n) is 2.22. The van der Waals surface area contributed by atoms with Crippen LogP contribution in [0.15, 0.2) is 0 Å². The van der Waals surface area contributed by atoms with Gasteiger partial charge in [0.1, 0.15) is 6.04 Å². The van der Waals surface area contributed by atoms with E-state index in [1.54, 1.807) is 4.57 Å². The van der Waals surface area contributed by atoms with E-state index in [1.165, 1.54) is 0 Å². The summed E-state index contributed by atoms with van der Waals surface area (Å²) in [4.78, 5) is 22.3. The Hall–Kier alpha value is -0.843. The number of carbonyl (C=O) groups excluding carboxylic acids is 1. The molecule has 13 heavy (non-hydrogen) atoms. The number of nitrogens with zero attached hydrogens (tertiary/aromatic N) is 1. The highest BCUT2D eigenvalue weighted by Gasteiger charge is 2.42. The second kappa shape index (κ2) is 3.14. The zero-order valence-electron chi connectivity index (χ0n) is 8.20. The Balaban J connectivity index is 2.90. The molecule has 0 aromatic heterocycles. The van der Waals surface area contributed by atoms with E-state index in [-0.39, 0.29) is 5.91 Å². The summed E-state index contributed by atoms with van der Waals surface area (Å²) in [5, 5.41) is 8.89. The van der Waals surface area contributed by atoms with Crippen molar-refractivity contribution in [2.75, 3.05) is 0 Å². The molecule has 1 unspecified atom stereocenters. The Labute approximate surface area is 78.6 Å². The summed E-state index contributed by atoms with van der Waals surface area (Å²) in [6, 6.07) is -0.570. The van der Waals surface area contributed by atoms with Gasteiger partial charge in [0.05, 0.1) is 0 Å². The molecule has 0 aliphatic carbocycles. The van der Waals surface area contributed by atoms with Crippen molar-refractivity contribution in [1.82, 2.24) is 4.57 Å². The van der Waals surface area contributed by atoms with E-state index in [0.717, 1.165) is 0 Å². The summed E-state index contributed by atoms with van der Waals surface area (Å²) in [5.41, 5.74) is 0. The third-order valence-corrected chi connectivity index (χ3v) is 4.23. The predicted molar refractivity (Wildman–Crippen MR) is 50.8 cm³/mol. The first-order valence-electron chi connectivity index (χ1n) is 4.39. The molecule has 4 nitrogen and oxygen atoms in total. The van der Waals surface area contributed by atoms with Crippen LogP contribution in [0.4, 0.5) is 0 Å². The summed E-state index contributed by atoms with van der Waals surface area (Å²) >= 11 is 0. The topological polar surface area (TPSA) is 57.6 Å². The zero-order chi connectivity index (χ0) is 10.2. The Morgan fingerprint density at radius 2 is 2.08 bits per heavy atom. The number of rotatable bonds is 2. The molecule has 1 heterocycles. The van der Waals surface area contributed by atoms with Crippen molar-refractivity contribution in [1.29, 1.82) is 0 Å². The van der Waals surface area contributed by atoms with E-state index >= 15 is 0 Å². The lowest BCUT2D eigenvalue weighted by Gasteiger charge is -2.33. The summed E-state index contributed by atoms with van der Waals surface area (Å²) in [6.07, 6.45) is 0.861. The fraction of sp³-hybridized carbons (Fsp3) is 0.750. The van der Waals surface area contributed by atoms with E-state index in [0.29, 0.717) is 12.8 Å². The van der Waals surface area contributed by atoms with Crippen molar-refractivity contribution in [2.45, 2.75) is 38.5 Å². The third kappa shape index (κ3) is 1.91. The molecule has 74 valence electrons. The van der Waals surface area contributed by atoms with Gasteiger partial charge in [0, 0.05) is 6.42 Å². The van der Waals surface area contributed by atoms with Crippen LogP contribution in [-0.2, 0) is 9.59 Å². The summed E-state index contributed by atoms with van der Waals surface area (Å²) in [6.45, 7) is 5.98. The van der Waals surface area contributed by atoms with Crippen LogP contribution < -0.4 is 0 Å². The Morgan fingerprint density at radius 3 is 2.38 bits per heavy atom. The second-order valence-corrected chi connectivity index (χ2v) is 9.15. The molecule has 5 heteroatoms. The van der Waals surface area contributed by atoms with Crippen molar-refractivity contribution in [2.24, 2.45) is 0 Å². The molecule has 0 radical (unpaired) electrons. The van der Waals surface area contributed by atoms with Gasteiger partial charge in [-0.05, 0) is 6.42 Å². The van der Waals surface area contributed by atoms with E-state index in [1.807, 2.05) is 19.6 Å². The number of aliphatic carboxylic acids is 1. The quantitative estimate of drug-likeness (QED) is 0.675. The smallest absolute Gasteiger partial charge is 0.325 e. The molecule has 1 N–H and O–H groups in total. The maximum Gasteiger partial charge on any atom is 0.325 e. The van der Waals surface area contributed by atoms with Gasteiger partial charge in [-0.2, -0.15) is 0 Å². The highest BCUT2D eigenvalue weighted by molar-refractivity contribution is 6.75. The minimum absolute atomic E-state index is 0.00608. The molecule has 1 atom stereocenters. The van der Waals surface area contributed by atoms with Gasteiger partial charge < -0.3 is 9.67 Å². The molecular weight excluding hydrogens is 186 g/mol. The van der Waals surface area contributed by atoms with Gasteiger partial charge in [0.2, 0.25) is 5.91 Å². The van der Waals surface area contributed by atoms with Crippen LogP contribution >= 0.6 is 0 Å². The van der Waals surface area contributed by atoms with Crippen LogP contribution in [0, 0.1) is 0 Å². The number of carboxylic acid groups (broad SMARTS) is 1. The van der Waals surface area contributed by atoms with Crippen LogP contribution in [0.25, 0.3) is 0 Å². The number of carboxylic acids is 1. The van der Waals surface area contributed by atoms with Gasteiger partial charge in [-0.25, -0.2) is 0 Å². The normalized spacial score (nSPS) is 23.8. The first kappa shape index (κ1) is 10.2. The van der Waals surface area contributed by atoms with Crippen molar-refractivity contribution >= 4 is 20.1 Å². The lowest BCUT2D eigenvalue weighted by Crippen LogP contribution is -2.53. The minimum atomic E-state index is -1.81. The first-order valence-corrected chi connectivity index (χ1v) is 7.83. The van der Waals surface area contributed by atoms with E-state index < -0.39 is 20.2 Å². The molecule has 1 aliphatic rings. The molecule has 1 saturated heterocycles. The van der Waals surface area contributed by atoms with E-state index in [2.05, 4.69) is 0 Å². The largest absolute Gasteiger partial charge is 0.480 e. The second-order valence-electron chi connectivity index (χ2n) is 4.33. The summed E-state index contributed by atoms with van der Waals surface area (Å²) in [5.74, 6) is -0.861. The lowest BCUT2D eigenvalue weighted by atomic mass is 10.2. The molecule has 0 aromatic carbocycles. The molecule has 1 amide bonds. The fourth-order valence-corrected chi connectivity index (χ4v) is 3.79. The fourth-order valence-electron chi connectivity index (χ4n) is 1.76. The van der Waals surface area contributed by atoms with Crippen LogP contribution in [0.2, 0.25) is 19.6 Å². The molecule has 1 aliphatic heterocycles. The molecular formula is C8H15NO3Si. The monoisotopic (exact) mass is 201 g/mol. The van der Waals surface area contributed by atoms with Crippen molar-refractivity contribution in [3.63, 3.8) is 0 Å². The number of amides is 1. The van der Waals surface area contributed by atoms with Crippen molar-refractivity contribution in [3.05, 3.63) is 0 Å². The van der Waals surface area contributed by atoms with Gasteiger partial charge >= 0.3 is 5.97 Å². The van der Waals surface area contributed by atoms with Gasteiger partial charge in [0.25, 0.3) is 0 Å². The molecule has 0 aromatic rings. The standard InChI is InChI=1S/C8H15NO3Si/c1-13(2,3)9-6(8(11)12)4-5-7(9)10/h6H,4-5H2,1-3H3,(H,11,12). The maximum absolute atomic E-state index is 11.4. The SMILES string of the molecule is C[Si](C)(C)N1C(=O)CCC1C(=O)O. The van der Waals surface area contributed by atoms with Gasteiger partial charge in [-0.3, -0.25) is 9.59 Å². The summed E-state index contributed by atoms with van der Waals surface area (Å²) < 4.78 is 1.61. The Kier molecular flexibility index (Phi) is 2.47. The summed E-state index contributed by atoms with van der Waals surface area (Å²) in [7, 11) is -1.81. The minimum Gasteiger partial charge on any atom is -0.480 e. The maximum atomic E-state index is 11.4. The highest BCUT2D eigenvalue weighted by Crippen LogP contribution is 2.25. The van der Waals surface area contributed by atoms with Crippen LogP contribution in [-0.4, -0.2) is 35.8 Å². The van der Waals surface area contributed by atoms with E-state index in [4.69, 9.17) is 5.11 Å². The number of hydrogen-bond acceptors (Lipinski definition) is 2. The molecule has 1 rings (SSSR count). The van der Waals surface area contributed by atoms with Crippen LogP contribution in [0.5, 0.6) is 0 Å². The molecule has 1 fully saturated rings. The lowest BCUT2D eigenvalue weighted by molar-refractivity contribution is -0.143. The first-order chi connectivity index (χ1) is 5.84. The van der Waals surface area contributed by atoms with E-state index in [9.17, 15) is 9.59 Å². The molecule has 0 saturated carbocycles. The number of hydrogen-bond donors (Lipinski definition) is 1. The van der Waals surface area contributed by atoms with Gasteiger partial charge in [-0.15, -0.1) is 0 Å². The van der Waals surface area contributed by atoms with Crippen molar-refractivity contribution in [3.8, 4) is 0 Å².